The molecule has 19 heavy (non-hydrogen) atoms. The maximum Gasteiger partial charge on any atom is 0.262 e. The summed E-state index contributed by atoms with van der Waals surface area (Å²) in [7, 11) is -3.56. The van der Waals surface area contributed by atoms with E-state index in [1.807, 2.05) is 0 Å². The predicted octanol–water partition coefficient (Wildman–Crippen LogP) is 1.31. The number of halogens is 1. The van der Waals surface area contributed by atoms with Crippen LogP contribution in [0.15, 0.2) is 12.1 Å². The van der Waals surface area contributed by atoms with E-state index in [9.17, 15) is 17.6 Å². The number of rotatable bonds is 4. The first-order chi connectivity index (χ1) is 8.91. The molecule has 0 spiro atoms. The Balaban J connectivity index is 2.38. The van der Waals surface area contributed by atoms with Gasteiger partial charge in [-0.15, -0.1) is 0 Å². The highest BCUT2D eigenvalue weighted by atomic mass is 32.2. The van der Waals surface area contributed by atoms with E-state index in [0.29, 0.717) is 6.42 Å². The molecule has 2 N–H and O–H groups in total. The van der Waals surface area contributed by atoms with Crippen molar-refractivity contribution < 1.29 is 22.3 Å². The first kappa shape index (κ1) is 13.6. The lowest BCUT2D eigenvalue weighted by Crippen LogP contribution is -2.27. The van der Waals surface area contributed by atoms with Crippen molar-refractivity contribution in [1.29, 1.82) is 0 Å². The lowest BCUT2D eigenvalue weighted by molar-refractivity contribution is -0.118. The predicted molar refractivity (Wildman–Crippen MR) is 68.2 cm³/mol. The van der Waals surface area contributed by atoms with Gasteiger partial charge >= 0.3 is 0 Å². The highest BCUT2D eigenvalue weighted by Crippen LogP contribution is 2.37. The summed E-state index contributed by atoms with van der Waals surface area (Å²) in [5.41, 5.74) is 0.105. The van der Waals surface area contributed by atoms with E-state index in [-0.39, 0.29) is 29.5 Å². The largest absolute Gasteiger partial charge is 0.479 e. The summed E-state index contributed by atoms with van der Waals surface area (Å²) >= 11 is 0. The Morgan fingerprint density at radius 1 is 1.47 bits per heavy atom. The Labute approximate surface area is 110 Å². The van der Waals surface area contributed by atoms with Crippen LogP contribution in [0.25, 0.3) is 0 Å². The first-order valence-corrected chi connectivity index (χ1v) is 7.33. The molecule has 0 saturated carbocycles. The quantitative estimate of drug-likeness (QED) is 0.874. The zero-order valence-corrected chi connectivity index (χ0v) is 11.0. The number of amides is 1. The van der Waals surface area contributed by atoms with Crippen LogP contribution in [0, 0.1) is 5.82 Å². The topological polar surface area (TPSA) is 84.5 Å². The Bertz CT molecular complexity index is 615. The molecule has 0 saturated heterocycles. The van der Waals surface area contributed by atoms with Crippen molar-refractivity contribution in [3.8, 4) is 5.75 Å². The molecule has 104 valence electrons. The van der Waals surface area contributed by atoms with Crippen LogP contribution in [0.1, 0.15) is 13.3 Å². The number of ether oxygens (including phenoxy) is 1. The lowest BCUT2D eigenvalue weighted by Gasteiger charge is -2.21. The van der Waals surface area contributed by atoms with E-state index in [0.717, 1.165) is 12.1 Å². The Hall–Kier alpha value is -1.83. The number of fused-ring (bicyclic) bond motifs is 1. The third-order valence-corrected chi connectivity index (χ3v) is 3.89. The molecule has 1 aliphatic heterocycles. The zero-order chi connectivity index (χ0) is 14.0. The summed E-state index contributed by atoms with van der Waals surface area (Å²) in [6.45, 7) is 1.48. The number of carbonyl (C=O) groups is 1. The van der Waals surface area contributed by atoms with E-state index in [4.69, 9.17) is 4.74 Å². The van der Waals surface area contributed by atoms with Gasteiger partial charge in [0.2, 0.25) is 10.0 Å². The smallest absolute Gasteiger partial charge is 0.262 e. The van der Waals surface area contributed by atoms with Gasteiger partial charge in [0.25, 0.3) is 5.91 Å². The highest BCUT2D eigenvalue weighted by Gasteiger charge is 2.23. The summed E-state index contributed by atoms with van der Waals surface area (Å²) < 4.78 is 44.2. The van der Waals surface area contributed by atoms with Gasteiger partial charge in [-0.25, -0.2) is 12.8 Å². The maximum atomic E-state index is 13.4. The molecule has 6 nitrogen and oxygen atoms in total. The van der Waals surface area contributed by atoms with Crippen LogP contribution in [0.3, 0.4) is 0 Å². The number of hydrogen-bond acceptors (Lipinski definition) is 4. The molecule has 8 heteroatoms. The molecule has 2 rings (SSSR count). The third kappa shape index (κ3) is 3.14. The number of anilines is 2. The molecule has 0 bridgehead atoms. The molecule has 0 atom stereocenters. The van der Waals surface area contributed by atoms with Gasteiger partial charge in [-0.3, -0.25) is 9.52 Å². The minimum atomic E-state index is -3.56. The van der Waals surface area contributed by atoms with Gasteiger partial charge in [0, 0.05) is 12.1 Å². The maximum absolute atomic E-state index is 13.4. The van der Waals surface area contributed by atoms with Crippen LogP contribution >= 0.6 is 0 Å². The SMILES string of the molecule is CCCS(=O)(=O)Nc1cc(F)cc2c1OCC(=O)N2. The van der Waals surface area contributed by atoms with Gasteiger partial charge in [0.1, 0.15) is 5.82 Å². The lowest BCUT2D eigenvalue weighted by atomic mass is 10.2. The van der Waals surface area contributed by atoms with E-state index in [2.05, 4.69) is 10.0 Å². The minimum Gasteiger partial charge on any atom is -0.479 e. The van der Waals surface area contributed by atoms with Crippen molar-refractivity contribution in [2.24, 2.45) is 0 Å². The van der Waals surface area contributed by atoms with E-state index in [1.54, 1.807) is 6.92 Å². The summed E-state index contributed by atoms with van der Waals surface area (Å²) in [5, 5.41) is 2.42. The van der Waals surface area contributed by atoms with Crippen molar-refractivity contribution in [2.45, 2.75) is 13.3 Å². The van der Waals surface area contributed by atoms with E-state index < -0.39 is 21.7 Å². The molecule has 0 unspecified atom stereocenters. The van der Waals surface area contributed by atoms with Gasteiger partial charge < -0.3 is 10.1 Å². The molecule has 0 fully saturated rings. The number of nitrogens with one attached hydrogen (secondary N) is 2. The molecule has 0 aliphatic carbocycles. The highest BCUT2D eigenvalue weighted by molar-refractivity contribution is 7.92. The van der Waals surface area contributed by atoms with Crippen molar-refractivity contribution in [2.75, 3.05) is 22.4 Å². The van der Waals surface area contributed by atoms with Crippen LogP contribution in [-0.2, 0) is 14.8 Å². The Morgan fingerprint density at radius 2 is 2.21 bits per heavy atom. The second-order valence-corrected chi connectivity index (χ2v) is 5.93. The van der Waals surface area contributed by atoms with Crippen LogP contribution in [0.5, 0.6) is 5.75 Å². The molecule has 0 aromatic heterocycles. The van der Waals surface area contributed by atoms with Crippen LogP contribution < -0.4 is 14.8 Å². The summed E-state index contributed by atoms with van der Waals surface area (Å²) in [6, 6.07) is 2.09. The van der Waals surface area contributed by atoms with Crippen molar-refractivity contribution in [3.63, 3.8) is 0 Å². The van der Waals surface area contributed by atoms with Crippen molar-refractivity contribution in [3.05, 3.63) is 17.9 Å². The molecule has 1 aromatic rings. The Morgan fingerprint density at radius 3 is 2.89 bits per heavy atom. The fourth-order valence-corrected chi connectivity index (χ4v) is 2.86. The molecular formula is C11H13FN2O4S. The third-order valence-electron chi connectivity index (χ3n) is 2.41. The standard InChI is InChI=1S/C11H13FN2O4S/c1-2-3-19(16,17)14-9-5-7(12)4-8-11(9)18-6-10(15)13-8/h4-5,14H,2-3,6H2,1H3,(H,13,15). The van der Waals surface area contributed by atoms with Gasteiger partial charge in [-0.05, 0) is 6.42 Å². The Kier molecular flexibility index (Phi) is 3.61. The van der Waals surface area contributed by atoms with Crippen molar-refractivity contribution in [1.82, 2.24) is 0 Å². The van der Waals surface area contributed by atoms with Crippen LogP contribution in [0.2, 0.25) is 0 Å². The fraction of sp³-hybridized carbons (Fsp3) is 0.364. The number of carbonyl (C=O) groups excluding carboxylic acids is 1. The monoisotopic (exact) mass is 288 g/mol. The summed E-state index contributed by atoms with van der Waals surface area (Å²) in [4.78, 5) is 11.1. The summed E-state index contributed by atoms with van der Waals surface area (Å²) in [5.74, 6) is -1.04. The molecule has 1 aromatic carbocycles. The number of benzene rings is 1. The minimum absolute atomic E-state index is 0.0107. The molecule has 1 aliphatic rings. The normalized spacial score (nSPS) is 14.3. The second kappa shape index (κ2) is 5.04. The zero-order valence-electron chi connectivity index (χ0n) is 10.2. The molecule has 1 amide bonds. The van der Waals surface area contributed by atoms with Gasteiger partial charge in [-0.1, -0.05) is 6.92 Å². The average Bonchev–Trinajstić information content (AvgIpc) is 2.26. The van der Waals surface area contributed by atoms with E-state index in [1.165, 1.54) is 0 Å². The molecule has 1 heterocycles. The van der Waals surface area contributed by atoms with Crippen LogP contribution in [-0.4, -0.2) is 26.7 Å². The molecule has 0 radical (unpaired) electrons. The second-order valence-electron chi connectivity index (χ2n) is 4.09. The fourth-order valence-electron chi connectivity index (χ4n) is 1.73. The van der Waals surface area contributed by atoms with Gasteiger partial charge in [-0.2, -0.15) is 0 Å². The van der Waals surface area contributed by atoms with E-state index >= 15 is 0 Å². The first-order valence-electron chi connectivity index (χ1n) is 5.68. The summed E-state index contributed by atoms with van der Waals surface area (Å²) in [6.07, 6.45) is 0.435. The number of sulfonamides is 1. The molecular weight excluding hydrogens is 275 g/mol. The van der Waals surface area contributed by atoms with Crippen molar-refractivity contribution >= 4 is 27.3 Å². The van der Waals surface area contributed by atoms with Gasteiger partial charge in [0.15, 0.2) is 12.4 Å². The van der Waals surface area contributed by atoms with Crippen LogP contribution in [0.4, 0.5) is 15.8 Å². The number of hydrogen-bond donors (Lipinski definition) is 2. The van der Waals surface area contributed by atoms with Gasteiger partial charge in [0.05, 0.1) is 17.1 Å². The average molecular weight is 288 g/mol.